The fourth-order valence-corrected chi connectivity index (χ4v) is 4.08. The second-order valence-corrected chi connectivity index (χ2v) is 7.19. The van der Waals surface area contributed by atoms with Gasteiger partial charge in [-0.05, 0) is 17.9 Å². The Morgan fingerprint density at radius 1 is 1.47 bits per heavy atom. The minimum Gasteiger partial charge on any atom is -0.326 e. The van der Waals surface area contributed by atoms with Crippen LogP contribution in [0.4, 0.5) is 0 Å². The predicted octanol–water partition coefficient (Wildman–Crippen LogP) is 2.51. The standard InChI is InChI=1S/C9H12ClO6PS2/c1-2-18-8-5-3-4-7(10)9(8)19(13,14)16-6-15-17(11)12/h3-5,17H,2,6H2,1H3,(H,11,12). The van der Waals surface area contributed by atoms with E-state index >= 15 is 0 Å². The summed E-state index contributed by atoms with van der Waals surface area (Å²) in [4.78, 5) is 8.72. The van der Waals surface area contributed by atoms with Crippen LogP contribution in [0.2, 0.25) is 5.02 Å². The van der Waals surface area contributed by atoms with Crippen molar-refractivity contribution in [3.05, 3.63) is 23.2 Å². The zero-order valence-corrected chi connectivity index (χ0v) is 13.2. The highest BCUT2D eigenvalue weighted by atomic mass is 35.5. The van der Waals surface area contributed by atoms with Gasteiger partial charge in [0, 0.05) is 4.90 Å². The third kappa shape index (κ3) is 5.07. The fraction of sp³-hybridized carbons (Fsp3) is 0.333. The fourth-order valence-electron chi connectivity index (χ4n) is 1.20. The molecular weight excluding hydrogens is 335 g/mol. The Kier molecular flexibility index (Phi) is 6.82. The molecule has 0 heterocycles. The van der Waals surface area contributed by atoms with E-state index in [-0.39, 0.29) is 9.92 Å². The third-order valence-corrected chi connectivity index (χ3v) is 5.07. The summed E-state index contributed by atoms with van der Waals surface area (Å²) < 4.78 is 42.9. The van der Waals surface area contributed by atoms with Crippen molar-refractivity contribution in [3.63, 3.8) is 0 Å². The first kappa shape index (κ1) is 17.0. The van der Waals surface area contributed by atoms with E-state index in [4.69, 9.17) is 16.5 Å². The Balaban J connectivity index is 3.02. The lowest BCUT2D eigenvalue weighted by molar-refractivity contribution is 0.121. The molecule has 19 heavy (non-hydrogen) atoms. The summed E-state index contributed by atoms with van der Waals surface area (Å²) >= 11 is 7.17. The highest BCUT2D eigenvalue weighted by molar-refractivity contribution is 8.00. The van der Waals surface area contributed by atoms with Crippen molar-refractivity contribution >= 4 is 41.7 Å². The summed E-state index contributed by atoms with van der Waals surface area (Å²) in [6.45, 7) is 1.03. The first-order valence-electron chi connectivity index (χ1n) is 5.05. The van der Waals surface area contributed by atoms with Gasteiger partial charge >= 0.3 is 18.4 Å². The lowest BCUT2D eigenvalue weighted by Gasteiger charge is -2.11. The first-order chi connectivity index (χ1) is 8.88. The van der Waals surface area contributed by atoms with Crippen molar-refractivity contribution in [1.82, 2.24) is 0 Å². The van der Waals surface area contributed by atoms with Gasteiger partial charge in [-0.15, -0.1) is 11.8 Å². The van der Waals surface area contributed by atoms with Crippen LogP contribution in [0, 0.1) is 0 Å². The van der Waals surface area contributed by atoms with Gasteiger partial charge in [-0.1, -0.05) is 24.6 Å². The van der Waals surface area contributed by atoms with Crippen molar-refractivity contribution in [2.45, 2.75) is 16.7 Å². The van der Waals surface area contributed by atoms with Gasteiger partial charge in [0.25, 0.3) is 0 Å². The molecule has 0 saturated heterocycles. The summed E-state index contributed by atoms with van der Waals surface area (Å²) in [5.74, 6) is 0.656. The Morgan fingerprint density at radius 2 is 2.16 bits per heavy atom. The molecule has 0 aliphatic carbocycles. The molecule has 10 heteroatoms. The molecule has 0 aromatic heterocycles. The van der Waals surface area contributed by atoms with Gasteiger partial charge in [0.1, 0.15) is 4.90 Å². The molecule has 0 fully saturated rings. The third-order valence-electron chi connectivity index (χ3n) is 1.87. The molecule has 1 unspecified atom stereocenters. The smallest absolute Gasteiger partial charge is 0.318 e. The number of hydrogen-bond acceptors (Lipinski definition) is 6. The molecule has 1 N–H and O–H groups in total. The zero-order valence-electron chi connectivity index (χ0n) is 9.83. The molecule has 6 nitrogen and oxygen atoms in total. The molecular formula is C9H12ClO6PS2. The average molecular weight is 347 g/mol. The first-order valence-corrected chi connectivity index (χ1v) is 9.08. The van der Waals surface area contributed by atoms with Gasteiger partial charge in [0.15, 0.2) is 6.79 Å². The van der Waals surface area contributed by atoms with Gasteiger partial charge in [0.05, 0.1) is 5.02 Å². The largest absolute Gasteiger partial charge is 0.326 e. The van der Waals surface area contributed by atoms with E-state index in [0.717, 1.165) is 0 Å². The second-order valence-electron chi connectivity index (χ2n) is 3.10. The van der Waals surface area contributed by atoms with Gasteiger partial charge in [-0.2, -0.15) is 8.42 Å². The van der Waals surface area contributed by atoms with Crippen LogP contribution in [-0.4, -0.2) is 25.9 Å². The highest BCUT2D eigenvalue weighted by Crippen LogP contribution is 2.33. The maximum Gasteiger partial charge on any atom is 0.318 e. The molecule has 0 amide bonds. The predicted molar refractivity (Wildman–Crippen MR) is 73.3 cm³/mol. The Labute approximate surface area is 121 Å². The van der Waals surface area contributed by atoms with Gasteiger partial charge in [-0.3, -0.25) is 9.09 Å². The molecule has 0 radical (unpaired) electrons. The van der Waals surface area contributed by atoms with E-state index in [1.165, 1.54) is 17.8 Å². The topological polar surface area (TPSA) is 89.9 Å². The summed E-state index contributed by atoms with van der Waals surface area (Å²) in [6, 6.07) is 4.65. The lowest BCUT2D eigenvalue weighted by Crippen LogP contribution is -2.10. The Morgan fingerprint density at radius 3 is 2.74 bits per heavy atom. The lowest BCUT2D eigenvalue weighted by atomic mass is 10.4. The SMILES string of the molecule is CCSc1cccc(Cl)c1S(=O)(=O)OCO[PH](=O)O. The van der Waals surface area contributed by atoms with Crippen LogP contribution >= 0.6 is 31.6 Å². The maximum absolute atomic E-state index is 12.0. The summed E-state index contributed by atoms with van der Waals surface area (Å²) in [7, 11) is -7.40. The number of thioether (sulfide) groups is 1. The van der Waals surface area contributed by atoms with Crippen LogP contribution in [0.25, 0.3) is 0 Å². The molecule has 0 spiro atoms. The molecule has 0 aliphatic rings. The molecule has 0 aliphatic heterocycles. The van der Waals surface area contributed by atoms with Crippen LogP contribution in [0.1, 0.15) is 6.92 Å². The quantitative estimate of drug-likeness (QED) is 0.351. The highest BCUT2D eigenvalue weighted by Gasteiger charge is 2.23. The number of rotatable bonds is 7. The van der Waals surface area contributed by atoms with E-state index in [1.807, 2.05) is 6.92 Å². The molecule has 1 atom stereocenters. The summed E-state index contributed by atoms with van der Waals surface area (Å²) in [5, 5.41) is 0.0232. The van der Waals surface area contributed by atoms with Crippen molar-refractivity contribution in [3.8, 4) is 0 Å². The second kappa shape index (κ2) is 7.64. The maximum atomic E-state index is 12.0. The monoisotopic (exact) mass is 346 g/mol. The van der Waals surface area contributed by atoms with E-state index in [9.17, 15) is 13.0 Å². The van der Waals surface area contributed by atoms with E-state index in [0.29, 0.717) is 10.6 Å². The normalized spacial score (nSPS) is 13.4. The van der Waals surface area contributed by atoms with Gasteiger partial charge in [-0.25, -0.2) is 4.18 Å². The van der Waals surface area contributed by atoms with Crippen molar-refractivity contribution in [2.24, 2.45) is 0 Å². The number of hydrogen-bond donors (Lipinski definition) is 1. The molecule has 1 rings (SSSR count). The average Bonchev–Trinajstić information content (AvgIpc) is 2.28. The summed E-state index contributed by atoms with van der Waals surface area (Å²) in [6.07, 6.45) is 0. The van der Waals surface area contributed by atoms with E-state index in [1.54, 1.807) is 12.1 Å². The Bertz CT molecular complexity index is 562. The van der Waals surface area contributed by atoms with E-state index < -0.39 is 25.2 Å². The molecule has 0 saturated carbocycles. The van der Waals surface area contributed by atoms with Crippen molar-refractivity contribution in [2.75, 3.05) is 12.5 Å². The number of benzene rings is 1. The summed E-state index contributed by atoms with van der Waals surface area (Å²) in [5.41, 5.74) is 0. The molecule has 1 aromatic carbocycles. The number of halogens is 1. The van der Waals surface area contributed by atoms with Gasteiger partial charge < -0.3 is 4.89 Å². The minimum absolute atomic E-state index is 0.0232. The van der Waals surface area contributed by atoms with Crippen molar-refractivity contribution in [1.29, 1.82) is 0 Å². The van der Waals surface area contributed by atoms with Crippen molar-refractivity contribution < 1.29 is 26.6 Å². The minimum atomic E-state index is -4.15. The zero-order chi connectivity index (χ0) is 14.5. The van der Waals surface area contributed by atoms with Crippen LogP contribution in [-0.2, 0) is 23.4 Å². The Hall–Kier alpha value is -0.0800. The van der Waals surface area contributed by atoms with E-state index in [2.05, 4.69) is 8.71 Å². The van der Waals surface area contributed by atoms with Gasteiger partial charge in [0.2, 0.25) is 0 Å². The molecule has 0 bridgehead atoms. The van der Waals surface area contributed by atoms with Crippen LogP contribution in [0.3, 0.4) is 0 Å². The van der Waals surface area contributed by atoms with Crippen LogP contribution < -0.4 is 0 Å². The van der Waals surface area contributed by atoms with Crippen LogP contribution in [0.15, 0.2) is 28.0 Å². The van der Waals surface area contributed by atoms with Crippen LogP contribution in [0.5, 0.6) is 0 Å². The molecule has 1 aromatic rings. The molecule has 108 valence electrons.